The van der Waals surface area contributed by atoms with Crippen LogP contribution in [0.3, 0.4) is 0 Å². The zero-order chi connectivity index (χ0) is 15.6. The van der Waals surface area contributed by atoms with Gasteiger partial charge in [-0.2, -0.15) is 0 Å². The van der Waals surface area contributed by atoms with Gasteiger partial charge in [-0.15, -0.1) is 0 Å². The quantitative estimate of drug-likeness (QED) is 0.833. The fourth-order valence-electron chi connectivity index (χ4n) is 2.11. The second kappa shape index (κ2) is 6.43. The number of nitrogens with one attached hydrogen (secondary N) is 1. The molecule has 21 heavy (non-hydrogen) atoms. The lowest BCUT2D eigenvalue weighted by molar-refractivity contribution is 0.506. The highest BCUT2D eigenvalue weighted by molar-refractivity contribution is 9.10. The van der Waals surface area contributed by atoms with Crippen molar-refractivity contribution in [2.45, 2.75) is 13.0 Å². The molecule has 0 saturated heterocycles. The number of anilines is 2. The molecule has 0 saturated carbocycles. The van der Waals surface area contributed by atoms with Crippen molar-refractivity contribution in [1.29, 1.82) is 0 Å². The van der Waals surface area contributed by atoms with Crippen LogP contribution in [0, 0.1) is 11.6 Å². The van der Waals surface area contributed by atoms with Crippen LogP contribution in [-0.2, 0) is 0 Å². The molecule has 2 aromatic rings. The maximum absolute atomic E-state index is 13.3. The summed E-state index contributed by atoms with van der Waals surface area (Å²) in [5, 5.41) is 3.33. The van der Waals surface area contributed by atoms with Gasteiger partial charge in [-0.1, -0.05) is 22.0 Å². The molecule has 0 amide bonds. The van der Waals surface area contributed by atoms with E-state index in [9.17, 15) is 8.78 Å². The van der Waals surface area contributed by atoms with E-state index in [-0.39, 0.29) is 6.04 Å². The molecule has 1 N–H and O–H groups in total. The van der Waals surface area contributed by atoms with Gasteiger partial charge in [0.15, 0.2) is 11.6 Å². The van der Waals surface area contributed by atoms with Crippen molar-refractivity contribution in [3.63, 3.8) is 0 Å². The number of rotatable bonds is 4. The largest absolute Gasteiger partial charge is 0.377 e. The lowest BCUT2D eigenvalue weighted by Crippen LogP contribution is -2.14. The van der Waals surface area contributed by atoms with E-state index in [1.54, 1.807) is 6.07 Å². The average molecular weight is 355 g/mol. The van der Waals surface area contributed by atoms with Crippen LogP contribution in [0.25, 0.3) is 0 Å². The molecule has 112 valence electrons. The summed E-state index contributed by atoms with van der Waals surface area (Å²) >= 11 is 3.44. The number of halogens is 3. The predicted molar refractivity (Wildman–Crippen MR) is 86.9 cm³/mol. The first-order chi connectivity index (χ1) is 9.88. The van der Waals surface area contributed by atoms with Crippen molar-refractivity contribution in [2.24, 2.45) is 0 Å². The summed E-state index contributed by atoms with van der Waals surface area (Å²) in [4.78, 5) is 1.99. The molecule has 0 spiro atoms. The zero-order valence-electron chi connectivity index (χ0n) is 12.1. The molecule has 5 heteroatoms. The van der Waals surface area contributed by atoms with Gasteiger partial charge < -0.3 is 10.2 Å². The van der Waals surface area contributed by atoms with Crippen LogP contribution in [0.2, 0.25) is 0 Å². The molecule has 1 atom stereocenters. The summed E-state index contributed by atoms with van der Waals surface area (Å²) in [6, 6.07) is 9.73. The number of nitrogens with zero attached hydrogens (tertiary/aromatic N) is 1. The SMILES string of the molecule is CC(Nc1cc(Br)ccc1N(C)C)c1ccc(F)c(F)c1. The van der Waals surface area contributed by atoms with Gasteiger partial charge in [0.2, 0.25) is 0 Å². The van der Waals surface area contributed by atoms with Crippen LogP contribution in [0.15, 0.2) is 40.9 Å². The van der Waals surface area contributed by atoms with Crippen molar-refractivity contribution < 1.29 is 8.78 Å². The zero-order valence-corrected chi connectivity index (χ0v) is 13.7. The van der Waals surface area contributed by atoms with E-state index in [0.29, 0.717) is 5.56 Å². The van der Waals surface area contributed by atoms with Crippen molar-refractivity contribution in [2.75, 3.05) is 24.3 Å². The Balaban J connectivity index is 2.28. The van der Waals surface area contributed by atoms with Crippen molar-refractivity contribution >= 4 is 27.3 Å². The Labute approximate surface area is 131 Å². The lowest BCUT2D eigenvalue weighted by atomic mass is 10.1. The summed E-state index contributed by atoms with van der Waals surface area (Å²) in [5.41, 5.74) is 2.64. The molecule has 0 fully saturated rings. The number of hydrogen-bond acceptors (Lipinski definition) is 2. The molecule has 2 nitrogen and oxygen atoms in total. The van der Waals surface area contributed by atoms with E-state index >= 15 is 0 Å². The molecule has 0 aliphatic rings. The standard InChI is InChI=1S/C16H17BrF2N2/c1-10(11-4-6-13(18)14(19)8-11)20-15-9-12(17)5-7-16(15)21(2)3/h4-10,20H,1-3H3. The van der Waals surface area contributed by atoms with Crippen LogP contribution in [0.4, 0.5) is 20.2 Å². The Hall–Kier alpha value is -1.62. The minimum absolute atomic E-state index is 0.145. The minimum Gasteiger partial charge on any atom is -0.377 e. The smallest absolute Gasteiger partial charge is 0.159 e. The molecule has 0 radical (unpaired) electrons. The van der Waals surface area contributed by atoms with Gasteiger partial charge in [0.05, 0.1) is 11.4 Å². The molecule has 2 aromatic carbocycles. The third-order valence-electron chi connectivity index (χ3n) is 3.26. The summed E-state index contributed by atoms with van der Waals surface area (Å²) < 4.78 is 27.3. The third kappa shape index (κ3) is 3.73. The molecule has 0 aliphatic heterocycles. The molecular weight excluding hydrogens is 338 g/mol. The minimum atomic E-state index is -0.831. The fourth-order valence-corrected chi connectivity index (χ4v) is 2.47. The second-order valence-corrected chi connectivity index (χ2v) is 6.01. The van der Waals surface area contributed by atoms with Crippen LogP contribution in [-0.4, -0.2) is 14.1 Å². The van der Waals surface area contributed by atoms with E-state index in [2.05, 4.69) is 21.2 Å². The van der Waals surface area contributed by atoms with Gasteiger partial charge >= 0.3 is 0 Å². The summed E-state index contributed by atoms with van der Waals surface area (Å²) in [5.74, 6) is -1.66. The molecule has 0 heterocycles. The van der Waals surface area contributed by atoms with E-state index in [0.717, 1.165) is 21.9 Å². The predicted octanol–water partition coefficient (Wildman–Crippen LogP) is 4.97. The topological polar surface area (TPSA) is 15.3 Å². The Morgan fingerprint density at radius 1 is 1.05 bits per heavy atom. The van der Waals surface area contributed by atoms with Crippen LogP contribution in [0.1, 0.15) is 18.5 Å². The van der Waals surface area contributed by atoms with E-state index in [1.807, 2.05) is 44.1 Å². The van der Waals surface area contributed by atoms with Crippen LogP contribution < -0.4 is 10.2 Å². The van der Waals surface area contributed by atoms with Gasteiger partial charge in [-0.3, -0.25) is 0 Å². The Bertz CT molecular complexity index is 644. The highest BCUT2D eigenvalue weighted by Crippen LogP contribution is 2.31. The fraction of sp³-hybridized carbons (Fsp3) is 0.250. The normalized spacial score (nSPS) is 12.1. The lowest BCUT2D eigenvalue weighted by Gasteiger charge is -2.22. The molecule has 0 aromatic heterocycles. The van der Waals surface area contributed by atoms with Crippen molar-refractivity contribution in [1.82, 2.24) is 0 Å². The second-order valence-electron chi connectivity index (χ2n) is 5.10. The van der Waals surface area contributed by atoms with Crippen molar-refractivity contribution in [3.05, 3.63) is 58.1 Å². The van der Waals surface area contributed by atoms with E-state index < -0.39 is 11.6 Å². The maximum Gasteiger partial charge on any atom is 0.159 e. The Morgan fingerprint density at radius 2 is 1.76 bits per heavy atom. The first-order valence-electron chi connectivity index (χ1n) is 6.57. The molecule has 0 aliphatic carbocycles. The average Bonchev–Trinajstić information content (AvgIpc) is 2.41. The summed E-state index contributed by atoms with van der Waals surface area (Å²) in [7, 11) is 3.91. The molecular formula is C16H17BrF2N2. The Morgan fingerprint density at radius 3 is 2.38 bits per heavy atom. The van der Waals surface area contributed by atoms with Gasteiger partial charge in [0, 0.05) is 24.6 Å². The number of benzene rings is 2. The first-order valence-corrected chi connectivity index (χ1v) is 7.36. The van der Waals surface area contributed by atoms with E-state index in [4.69, 9.17) is 0 Å². The molecule has 2 rings (SSSR count). The van der Waals surface area contributed by atoms with Crippen LogP contribution >= 0.6 is 15.9 Å². The highest BCUT2D eigenvalue weighted by atomic mass is 79.9. The first kappa shape index (κ1) is 15.8. The van der Waals surface area contributed by atoms with Crippen molar-refractivity contribution in [3.8, 4) is 0 Å². The number of hydrogen-bond donors (Lipinski definition) is 1. The summed E-state index contributed by atoms with van der Waals surface area (Å²) in [6.07, 6.45) is 0. The summed E-state index contributed by atoms with van der Waals surface area (Å²) in [6.45, 7) is 1.91. The van der Waals surface area contributed by atoms with Crippen LogP contribution in [0.5, 0.6) is 0 Å². The Kier molecular flexibility index (Phi) is 4.83. The molecule has 1 unspecified atom stereocenters. The van der Waals surface area contributed by atoms with Gasteiger partial charge in [-0.05, 0) is 42.8 Å². The van der Waals surface area contributed by atoms with Gasteiger partial charge in [0.25, 0.3) is 0 Å². The van der Waals surface area contributed by atoms with E-state index in [1.165, 1.54) is 6.07 Å². The monoisotopic (exact) mass is 354 g/mol. The molecule has 0 bridgehead atoms. The van der Waals surface area contributed by atoms with Gasteiger partial charge in [0.1, 0.15) is 0 Å². The van der Waals surface area contributed by atoms with Gasteiger partial charge in [-0.25, -0.2) is 8.78 Å². The highest BCUT2D eigenvalue weighted by Gasteiger charge is 2.12. The maximum atomic E-state index is 13.3. The third-order valence-corrected chi connectivity index (χ3v) is 3.75.